The van der Waals surface area contributed by atoms with Crippen molar-refractivity contribution in [1.29, 1.82) is 0 Å². The fourth-order valence-corrected chi connectivity index (χ4v) is 4.89. The first kappa shape index (κ1) is 22.3. The van der Waals surface area contributed by atoms with Gasteiger partial charge in [-0.1, -0.05) is 18.2 Å². The Morgan fingerprint density at radius 1 is 0.912 bits per heavy atom. The molecule has 0 saturated heterocycles. The lowest BCUT2D eigenvalue weighted by atomic mass is 9.84. The Morgan fingerprint density at radius 3 is 2.68 bits per heavy atom. The molecule has 0 unspecified atom stereocenters. The summed E-state index contributed by atoms with van der Waals surface area (Å²) in [7, 11) is 0. The zero-order valence-electron chi connectivity index (χ0n) is 19.3. The number of furan rings is 1. The van der Waals surface area contributed by atoms with Gasteiger partial charge in [0.05, 0.1) is 22.7 Å². The highest BCUT2D eigenvalue weighted by Crippen LogP contribution is 2.27. The molecule has 34 heavy (non-hydrogen) atoms. The number of carbonyl (C=O) groups is 1. The lowest BCUT2D eigenvalue weighted by Crippen LogP contribution is -2.38. The lowest BCUT2D eigenvalue weighted by molar-refractivity contribution is 0.0923. The highest BCUT2D eigenvalue weighted by Gasteiger charge is 2.23. The summed E-state index contributed by atoms with van der Waals surface area (Å²) in [6.45, 7) is 2.72. The molecule has 176 valence electrons. The molecular weight excluding hydrogens is 426 g/mol. The molecule has 7 nitrogen and oxygen atoms in total. The quantitative estimate of drug-likeness (QED) is 0.314. The maximum atomic E-state index is 12.9. The van der Waals surface area contributed by atoms with Crippen LogP contribution in [-0.4, -0.2) is 41.6 Å². The van der Waals surface area contributed by atoms with Crippen molar-refractivity contribution in [3.8, 4) is 0 Å². The first-order valence-corrected chi connectivity index (χ1v) is 12.2. The van der Waals surface area contributed by atoms with Crippen molar-refractivity contribution in [3.05, 3.63) is 66.7 Å². The Kier molecular flexibility index (Phi) is 7.00. The van der Waals surface area contributed by atoms with Crippen LogP contribution >= 0.6 is 0 Å². The van der Waals surface area contributed by atoms with Crippen LogP contribution in [0.3, 0.4) is 0 Å². The number of carbonyl (C=O) groups excluding carboxylic acids is 1. The molecule has 0 radical (unpaired) electrons. The van der Waals surface area contributed by atoms with Gasteiger partial charge < -0.3 is 20.4 Å². The van der Waals surface area contributed by atoms with Gasteiger partial charge in [0.1, 0.15) is 11.4 Å². The van der Waals surface area contributed by atoms with Crippen molar-refractivity contribution in [2.45, 2.75) is 38.1 Å². The molecule has 1 fully saturated rings. The van der Waals surface area contributed by atoms with E-state index >= 15 is 0 Å². The summed E-state index contributed by atoms with van der Waals surface area (Å²) < 4.78 is 5.42. The van der Waals surface area contributed by atoms with Gasteiger partial charge in [-0.25, -0.2) is 4.98 Å². The number of para-hydroxylation sites is 1. The molecule has 7 heteroatoms. The number of rotatable bonds is 9. The molecule has 1 saturated carbocycles. The van der Waals surface area contributed by atoms with E-state index in [2.05, 4.69) is 25.9 Å². The van der Waals surface area contributed by atoms with Crippen molar-refractivity contribution in [2.75, 3.05) is 25.0 Å². The summed E-state index contributed by atoms with van der Waals surface area (Å²) >= 11 is 0. The summed E-state index contributed by atoms with van der Waals surface area (Å²) in [4.78, 5) is 21.6. The van der Waals surface area contributed by atoms with E-state index in [0.717, 1.165) is 78.9 Å². The van der Waals surface area contributed by atoms with Crippen molar-refractivity contribution in [2.24, 2.45) is 5.92 Å². The Labute approximate surface area is 199 Å². The molecule has 3 aromatic heterocycles. The smallest absolute Gasteiger partial charge is 0.252 e. The normalized spacial score (nSPS) is 18.2. The summed E-state index contributed by atoms with van der Waals surface area (Å²) in [6.07, 6.45) is 10.7. The zero-order valence-corrected chi connectivity index (χ0v) is 19.3. The average Bonchev–Trinajstić information content (AvgIpc) is 3.36. The maximum absolute atomic E-state index is 12.9. The molecule has 3 N–H and O–H groups in total. The largest absolute Gasteiger partial charge is 0.464 e. The fourth-order valence-electron chi connectivity index (χ4n) is 4.89. The van der Waals surface area contributed by atoms with Crippen LogP contribution in [0.15, 0.2) is 65.5 Å². The predicted octanol–water partition coefficient (Wildman–Crippen LogP) is 4.76. The Morgan fingerprint density at radius 2 is 1.76 bits per heavy atom. The molecule has 0 atom stereocenters. The molecule has 1 aliphatic rings. The van der Waals surface area contributed by atoms with Crippen LogP contribution in [0.25, 0.3) is 21.9 Å². The molecule has 3 heterocycles. The predicted molar refractivity (Wildman–Crippen MR) is 135 cm³/mol. The van der Waals surface area contributed by atoms with Crippen molar-refractivity contribution in [3.63, 3.8) is 0 Å². The SMILES string of the molecule is O=C(NC1CCC(CCNCCNc2nccc3occc23)CC1)c1ccnc2ccccc12. The standard InChI is InChI=1S/C27H31N5O2/c33-27(22-10-14-29-24-4-2-1-3-21(22)24)32-20-7-5-19(6-8-20)9-13-28-16-17-31-26-23-12-18-34-25(23)11-15-30-26/h1-4,10-12,14-15,18-20,28H,5-9,13,16-17H2,(H,30,31)(H,32,33). The van der Waals surface area contributed by atoms with Crippen LogP contribution in [0.2, 0.25) is 0 Å². The minimum absolute atomic E-state index is 0.0109. The number of hydrogen-bond donors (Lipinski definition) is 3. The van der Waals surface area contributed by atoms with Crippen LogP contribution < -0.4 is 16.0 Å². The Balaban J connectivity index is 0.997. The van der Waals surface area contributed by atoms with Crippen molar-refractivity contribution in [1.82, 2.24) is 20.6 Å². The molecular formula is C27H31N5O2. The number of nitrogens with zero attached hydrogens (tertiary/aromatic N) is 2. The summed E-state index contributed by atoms with van der Waals surface area (Å²) in [6, 6.07) is 13.7. The van der Waals surface area contributed by atoms with E-state index in [9.17, 15) is 4.79 Å². The fraction of sp³-hybridized carbons (Fsp3) is 0.370. The second-order valence-corrected chi connectivity index (χ2v) is 9.02. The van der Waals surface area contributed by atoms with Gasteiger partial charge in [-0.15, -0.1) is 0 Å². The third-order valence-electron chi connectivity index (χ3n) is 6.78. The van der Waals surface area contributed by atoms with E-state index in [1.165, 1.54) is 6.42 Å². The highest BCUT2D eigenvalue weighted by molar-refractivity contribution is 6.06. The average molecular weight is 458 g/mol. The monoisotopic (exact) mass is 457 g/mol. The van der Waals surface area contributed by atoms with Crippen LogP contribution in [0, 0.1) is 5.92 Å². The summed E-state index contributed by atoms with van der Waals surface area (Å²) in [5.74, 6) is 1.60. The van der Waals surface area contributed by atoms with E-state index in [1.807, 2.05) is 42.5 Å². The van der Waals surface area contributed by atoms with Gasteiger partial charge in [0.25, 0.3) is 5.91 Å². The lowest BCUT2D eigenvalue weighted by Gasteiger charge is -2.29. The van der Waals surface area contributed by atoms with Gasteiger partial charge in [-0.05, 0) is 68.8 Å². The van der Waals surface area contributed by atoms with Gasteiger partial charge in [0.15, 0.2) is 0 Å². The third kappa shape index (κ3) is 5.20. The van der Waals surface area contributed by atoms with Crippen LogP contribution in [0.1, 0.15) is 42.5 Å². The Bertz CT molecular complexity index is 1240. The third-order valence-corrected chi connectivity index (χ3v) is 6.78. The van der Waals surface area contributed by atoms with E-state index in [4.69, 9.17) is 4.42 Å². The van der Waals surface area contributed by atoms with E-state index in [1.54, 1.807) is 18.7 Å². The second-order valence-electron chi connectivity index (χ2n) is 9.02. The van der Waals surface area contributed by atoms with Crippen molar-refractivity contribution >= 4 is 33.6 Å². The molecule has 1 aromatic carbocycles. The molecule has 1 amide bonds. The zero-order chi connectivity index (χ0) is 23.2. The van der Waals surface area contributed by atoms with Crippen LogP contribution in [0.5, 0.6) is 0 Å². The van der Waals surface area contributed by atoms with Gasteiger partial charge >= 0.3 is 0 Å². The number of anilines is 1. The molecule has 0 aliphatic heterocycles. The first-order valence-electron chi connectivity index (χ1n) is 12.2. The number of nitrogens with one attached hydrogen (secondary N) is 3. The Hall–Kier alpha value is -3.45. The second kappa shape index (κ2) is 10.7. The van der Waals surface area contributed by atoms with Gasteiger partial charge in [-0.2, -0.15) is 0 Å². The molecule has 4 aromatic rings. The van der Waals surface area contributed by atoms with Gasteiger partial charge in [-0.3, -0.25) is 9.78 Å². The van der Waals surface area contributed by atoms with Crippen LogP contribution in [0.4, 0.5) is 5.82 Å². The number of benzene rings is 1. The molecule has 1 aliphatic carbocycles. The number of pyridine rings is 2. The van der Waals surface area contributed by atoms with Gasteiger partial charge in [0.2, 0.25) is 0 Å². The van der Waals surface area contributed by atoms with Crippen LogP contribution in [-0.2, 0) is 0 Å². The number of amides is 1. The summed E-state index contributed by atoms with van der Waals surface area (Å²) in [5.41, 5.74) is 2.42. The molecule has 0 spiro atoms. The number of hydrogen-bond acceptors (Lipinski definition) is 6. The number of fused-ring (bicyclic) bond motifs is 2. The minimum Gasteiger partial charge on any atom is -0.464 e. The molecule has 0 bridgehead atoms. The first-order chi connectivity index (χ1) is 16.8. The molecule has 5 rings (SSSR count). The van der Waals surface area contributed by atoms with E-state index < -0.39 is 0 Å². The number of aromatic nitrogens is 2. The van der Waals surface area contributed by atoms with E-state index in [-0.39, 0.29) is 11.9 Å². The maximum Gasteiger partial charge on any atom is 0.252 e. The minimum atomic E-state index is 0.0109. The van der Waals surface area contributed by atoms with Gasteiger partial charge in [0, 0.05) is 36.9 Å². The summed E-state index contributed by atoms with van der Waals surface area (Å²) in [5, 5.41) is 12.1. The van der Waals surface area contributed by atoms with E-state index in [0.29, 0.717) is 5.56 Å². The topological polar surface area (TPSA) is 92.1 Å². The highest BCUT2D eigenvalue weighted by atomic mass is 16.3. The van der Waals surface area contributed by atoms with Crippen molar-refractivity contribution < 1.29 is 9.21 Å².